The topological polar surface area (TPSA) is 75.2 Å². The molecule has 23 heavy (non-hydrogen) atoms. The summed E-state index contributed by atoms with van der Waals surface area (Å²) in [7, 11) is 0. The summed E-state index contributed by atoms with van der Waals surface area (Å²) in [6.07, 6.45) is 2.53. The number of anilines is 1. The number of likely N-dealkylation sites (tertiary alicyclic amines) is 1. The van der Waals surface area contributed by atoms with Gasteiger partial charge in [-0.1, -0.05) is 29.2 Å². The quantitative estimate of drug-likeness (QED) is 0.626. The number of rotatable bonds is 6. The van der Waals surface area contributed by atoms with Crippen LogP contribution in [-0.2, 0) is 16.0 Å². The molecule has 1 N–H and O–H groups in total. The van der Waals surface area contributed by atoms with Gasteiger partial charge in [0.2, 0.25) is 16.9 Å². The second-order valence-corrected chi connectivity index (χ2v) is 8.29. The minimum atomic E-state index is -0.103. The third kappa shape index (κ3) is 4.76. The Kier molecular flexibility index (Phi) is 5.63. The van der Waals surface area contributed by atoms with E-state index in [1.165, 1.54) is 23.1 Å². The first-order valence-electron chi connectivity index (χ1n) is 7.27. The molecule has 9 heteroatoms. The molecule has 3 rings (SSSR count). The number of nitrogens with zero attached hydrogens (tertiary/aromatic N) is 3. The number of thiophene rings is 1. The number of carbonyl (C=O) groups is 2. The van der Waals surface area contributed by atoms with Gasteiger partial charge in [0.1, 0.15) is 0 Å². The Morgan fingerprint density at radius 1 is 1.30 bits per heavy atom. The van der Waals surface area contributed by atoms with Crippen LogP contribution in [-0.4, -0.2) is 45.8 Å². The fourth-order valence-corrected chi connectivity index (χ4v) is 4.61. The van der Waals surface area contributed by atoms with E-state index in [4.69, 9.17) is 0 Å². The van der Waals surface area contributed by atoms with Gasteiger partial charge in [0, 0.05) is 18.0 Å². The van der Waals surface area contributed by atoms with E-state index < -0.39 is 0 Å². The number of hydrogen-bond donors (Lipinski definition) is 1. The van der Waals surface area contributed by atoms with Gasteiger partial charge in [-0.3, -0.25) is 9.59 Å². The Morgan fingerprint density at radius 3 is 2.87 bits per heavy atom. The Hall–Kier alpha value is -1.45. The van der Waals surface area contributed by atoms with Crippen molar-refractivity contribution >= 4 is 51.4 Å². The lowest BCUT2D eigenvalue weighted by molar-refractivity contribution is -0.127. The first kappa shape index (κ1) is 16.4. The molecule has 2 amide bonds. The van der Waals surface area contributed by atoms with Crippen molar-refractivity contribution in [3.05, 3.63) is 22.4 Å². The molecule has 2 aromatic heterocycles. The predicted molar refractivity (Wildman–Crippen MR) is 93.1 cm³/mol. The lowest BCUT2D eigenvalue weighted by atomic mass is 10.3. The summed E-state index contributed by atoms with van der Waals surface area (Å²) in [6, 6.07) is 3.85. The van der Waals surface area contributed by atoms with Gasteiger partial charge in [0.15, 0.2) is 4.34 Å². The third-order valence-corrected chi connectivity index (χ3v) is 6.18. The van der Waals surface area contributed by atoms with Crippen LogP contribution in [0.1, 0.15) is 17.7 Å². The van der Waals surface area contributed by atoms with Crippen molar-refractivity contribution in [1.82, 2.24) is 15.1 Å². The van der Waals surface area contributed by atoms with Gasteiger partial charge in [-0.15, -0.1) is 21.5 Å². The molecule has 122 valence electrons. The molecular formula is C14H16N4O2S3. The summed E-state index contributed by atoms with van der Waals surface area (Å²) < 4.78 is 0.698. The van der Waals surface area contributed by atoms with E-state index in [9.17, 15) is 9.59 Å². The van der Waals surface area contributed by atoms with Crippen molar-refractivity contribution in [3.63, 3.8) is 0 Å². The molecule has 1 fully saturated rings. The van der Waals surface area contributed by atoms with Crippen molar-refractivity contribution in [2.24, 2.45) is 0 Å². The third-order valence-electron chi connectivity index (χ3n) is 3.35. The van der Waals surface area contributed by atoms with Crippen molar-refractivity contribution < 1.29 is 9.59 Å². The summed E-state index contributed by atoms with van der Waals surface area (Å²) >= 11 is 4.22. The Labute approximate surface area is 146 Å². The highest BCUT2D eigenvalue weighted by Gasteiger charge is 2.18. The van der Waals surface area contributed by atoms with E-state index in [1.54, 1.807) is 11.3 Å². The SMILES string of the molecule is O=C(Cc1cccs1)Nc1nnc(SCC(=O)N2CCCC2)s1. The van der Waals surface area contributed by atoms with E-state index in [-0.39, 0.29) is 11.8 Å². The summed E-state index contributed by atoms with van der Waals surface area (Å²) in [4.78, 5) is 26.8. The maximum absolute atomic E-state index is 12.0. The normalized spacial score (nSPS) is 14.2. The van der Waals surface area contributed by atoms with Gasteiger partial charge in [-0.05, 0) is 24.3 Å². The van der Waals surface area contributed by atoms with E-state index in [0.717, 1.165) is 30.8 Å². The predicted octanol–water partition coefficient (Wildman–Crippen LogP) is 2.50. The van der Waals surface area contributed by atoms with E-state index >= 15 is 0 Å². The lowest BCUT2D eigenvalue weighted by Crippen LogP contribution is -2.29. The zero-order chi connectivity index (χ0) is 16.1. The van der Waals surface area contributed by atoms with Crippen LogP contribution in [0.5, 0.6) is 0 Å². The van der Waals surface area contributed by atoms with E-state index in [0.29, 0.717) is 21.6 Å². The average molecular weight is 369 g/mol. The number of aromatic nitrogens is 2. The van der Waals surface area contributed by atoms with Gasteiger partial charge in [-0.25, -0.2) is 0 Å². The molecule has 0 spiro atoms. The summed E-state index contributed by atoms with van der Waals surface area (Å²) in [6.45, 7) is 1.72. The van der Waals surface area contributed by atoms with Crippen LogP contribution in [0.15, 0.2) is 21.9 Å². The van der Waals surface area contributed by atoms with Crippen molar-refractivity contribution in [3.8, 4) is 0 Å². The van der Waals surface area contributed by atoms with Gasteiger partial charge < -0.3 is 10.2 Å². The molecule has 0 radical (unpaired) electrons. The van der Waals surface area contributed by atoms with Gasteiger partial charge in [-0.2, -0.15) is 0 Å². The monoisotopic (exact) mass is 368 g/mol. The number of hydrogen-bond acceptors (Lipinski definition) is 7. The maximum Gasteiger partial charge on any atom is 0.233 e. The molecule has 0 aromatic carbocycles. The fourth-order valence-electron chi connectivity index (χ4n) is 2.23. The van der Waals surface area contributed by atoms with Crippen LogP contribution in [0.25, 0.3) is 0 Å². The number of thioether (sulfide) groups is 1. The standard InChI is InChI=1S/C14H16N4O2S3/c19-11(8-10-4-3-7-21-10)15-13-16-17-14(23-13)22-9-12(20)18-5-1-2-6-18/h3-4,7H,1-2,5-6,8-9H2,(H,15,16,19). The van der Waals surface area contributed by atoms with Crippen LogP contribution in [0, 0.1) is 0 Å². The maximum atomic E-state index is 12.0. The molecule has 3 heterocycles. The average Bonchev–Trinajstić information content (AvgIpc) is 3.27. The van der Waals surface area contributed by atoms with E-state index in [2.05, 4.69) is 15.5 Å². The van der Waals surface area contributed by atoms with Crippen LogP contribution in [0.2, 0.25) is 0 Å². The molecule has 0 atom stereocenters. The molecule has 6 nitrogen and oxygen atoms in total. The van der Waals surface area contributed by atoms with Crippen LogP contribution in [0.4, 0.5) is 5.13 Å². The minimum absolute atomic E-state index is 0.103. The first-order valence-corrected chi connectivity index (χ1v) is 9.95. The number of amides is 2. The molecule has 2 aromatic rings. The minimum Gasteiger partial charge on any atom is -0.342 e. The molecule has 0 bridgehead atoms. The number of nitrogens with one attached hydrogen (secondary N) is 1. The van der Waals surface area contributed by atoms with Crippen molar-refractivity contribution in [1.29, 1.82) is 0 Å². The van der Waals surface area contributed by atoms with Gasteiger partial charge in [0.25, 0.3) is 0 Å². The first-order chi connectivity index (χ1) is 11.2. The lowest BCUT2D eigenvalue weighted by Gasteiger charge is -2.13. The summed E-state index contributed by atoms with van der Waals surface area (Å²) in [5.74, 6) is 0.414. The van der Waals surface area contributed by atoms with Crippen molar-refractivity contribution in [2.45, 2.75) is 23.6 Å². The molecule has 1 aliphatic heterocycles. The second-order valence-electron chi connectivity index (χ2n) is 5.05. The molecule has 0 unspecified atom stereocenters. The number of carbonyl (C=O) groups excluding carboxylic acids is 2. The highest BCUT2D eigenvalue weighted by Crippen LogP contribution is 2.26. The van der Waals surface area contributed by atoms with Gasteiger partial charge in [0.05, 0.1) is 12.2 Å². The molecule has 0 aliphatic carbocycles. The highest BCUT2D eigenvalue weighted by molar-refractivity contribution is 8.01. The Balaban J connectivity index is 1.45. The molecule has 0 saturated carbocycles. The smallest absolute Gasteiger partial charge is 0.233 e. The Bertz CT molecular complexity index is 665. The van der Waals surface area contributed by atoms with Crippen LogP contribution < -0.4 is 5.32 Å². The molecule has 1 saturated heterocycles. The zero-order valence-electron chi connectivity index (χ0n) is 12.4. The zero-order valence-corrected chi connectivity index (χ0v) is 14.8. The van der Waals surface area contributed by atoms with Crippen LogP contribution >= 0.6 is 34.4 Å². The van der Waals surface area contributed by atoms with Crippen molar-refractivity contribution in [2.75, 3.05) is 24.2 Å². The fraction of sp³-hybridized carbons (Fsp3) is 0.429. The van der Waals surface area contributed by atoms with Gasteiger partial charge >= 0.3 is 0 Å². The largest absolute Gasteiger partial charge is 0.342 e. The second kappa shape index (κ2) is 7.89. The summed E-state index contributed by atoms with van der Waals surface area (Å²) in [5, 5.41) is 13.1. The van der Waals surface area contributed by atoms with E-state index in [1.807, 2.05) is 22.4 Å². The highest BCUT2D eigenvalue weighted by atomic mass is 32.2. The van der Waals surface area contributed by atoms with Crippen LogP contribution in [0.3, 0.4) is 0 Å². The molecule has 1 aliphatic rings. The summed E-state index contributed by atoms with van der Waals surface area (Å²) in [5.41, 5.74) is 0. The molecular weight excluding hydrogens is 352 g/mol. The Morgan fingerprint density at radius 2 is 2.13 bits per heavy atom.